The quantitative estimate of drug-likeness (QED) is 0.710. The maximum Gasteiger partial charge on any atom is 0.262 e. The Hall–Kier alpha value is -2.51. The second-order valence-corrected chi connectivity index (χ2v) is 7.73. The van der Waals surface area contributed by atoms with Crippen LogP contribution in [0.1, 0.15) is 33.3 Å². The van der Waals surface area contributed by atoms with E-state index in [0.29, 0.717) is 27.2 Å². The van der Waals surface area contributed by atoms with Crippen LogP contribution >= 0.6 is 11.3 Å². The molecule has 7 heteroatoms. The van der Waals surface area contributed by atoms with Gasteiger partial charge in [-0.15, -0.1) is 11.3 Å². The van der Waals surface area contributed by atoms with E-state index in [9.17, 15) is 9.59 Å². The number of amides is 1. The van der Waals surface area contributed by atoms with E-state index >= 15 is 0 Å². The largest absolute Gasteiger partial charge is 0.347 e. The highest BCUT2D eigenvalue weighted by atomic mass is 32.1. The Morgan fingerprint density at radius 1 is 1.33 bits per heavy atom. The van der Waals surface area contributed by atoms with Gasteiger partial charge in [0, 0.05) is 20.1 Å². The van der Waals surface area contributed by atoms with Gasteiger partial charge < -0.3 is 14.8 Å². The van der Waals surface area contributed by atoms with Crippen molar-refractivity contribution in [3.05, 3.63) is 62.5 Å². The van der Waals surface area contributed by atoms with Crippen LogP contribution in [0.4, 0.5) is 0 Å². The number of aryl methyl sites for hydroxylation is 2. The number of aromatic nitrogens is 2. The van der Waals surface area contributed by atoms with Gasteiger partial charge in [-0.1, -0.05) is 31.2 Å². The number of nitrogens with one attached hydrogen (secondary N) is 1. The van der Waals surface area contributed by atoms with E-state index < -0.39 is 0 Å². The van der Waals surface area contributed by atoms with Crippen LogP contribution in [-0.2, 0) is 20.1 Å². The molecule has 0 saturated heterocycles. The Morgan fingerprint density at radius 2 is 2.07 bits per heavy atom. The summed E-state index contributed by atoms with van der Waals surface area (Å²) in [6, 6.07) is 8.22. The van der Waals surface area contributed by atoms with Crippen molar-refractivity contribution in [1.82, 2.24) is 19.8 Å². The first-order valence-electron chi connectivity index (χ1n) is 8.90. The fourth-order valence-corrected chi connectivity index (χ4v) is 4.01. The predicted octanol–water partition coefficient (Wildman–Crippen LogP) is 2.69. The monoisotopic (exact) mass is 384 g/mol. The normalized spacial score (nSPS) is 11.3. The molecule has 6 nitrogen and oxygen atoms in total. The third-order valence-electron chi connectivity index (χ3n) is 4.65. The number of carbonyl (C=O) groups is 1. The minimum atomic E-state index is -0.173. The van der Waals surface area contributed by atoms with Crippen molar-refractivity contribution >= 4 is 27.5 Å². The highest BCUT2D eigenvalue weighted by molar-refractivity contribution is 7.20. The van der Waals surface area contributed by atoms with Crippen LogP contribution in [0.25, 0.3) is 10.2 Å². The van der Waals surface area contributed by atoms with Crippen LogP contribution in [-0.4, -0.2) is 34.0 Å². The minimum Gasteiger partial charge on any atom is -0.347 e. The molecule has 0 unspecified atom stereocenters. The lowest BCUT2D eigenvalue weighted by Crippen LogP contribution is -2.23. The second-order valence-electron chi connectivity index (χ2n) is 6.73. The lowest BCUT2D eigenvalue weighted by atomic mass is 10.1. The molecule has 2 heterocycles. The van der Waals surface area contributed by atoms with Gasteiger partial charge in [0.05, 0.1) is 16.6 Å². The molecule has 1 amide bonds. The first-order valence-corrected chi connectivity index (χ1v) is 9.71. The van der Waals surface area contributed by atoms with Crippen LogP contribution in [0.2, 0.25) is 0 Å². The third kappa shape index (κ3) is 4.09. The molecule has 0 fully saturated rings. The fourth-order valence-electron chi connectivity index (χ4n) is 2.95. The summed E-state index contributed by atoms with van der Waals surface area (Å²) in [4.78, 5) is 32.6. The van der Waals surface area contributed by atoms with Crippen molar-refractivity contribution in [2.75, 3.05) is 13.6 Å². The summed E-state index contributed by atoms with van der Waals surface area (Å²) in [6.45, 7) is 6.24. The molecular formula is C20H24N4O2S. The number of carbonyl (C=O) groups excluding carboxylic acids is 1. The maximum atomic E-state index is 12.7. The van der Waals surface area contributed by atoms with Crippen molar-refractivity contribution in [2.24, 2.45) is 7.05 Å². The van der Waals surface area contributed by atoms with E-state index in [4.69, 9.17) is 0 Å². The van der Waals surface area contributed by atoms with Crippen molar-refractivity contribution < 1.29 is 4.79 Å². The molecule has 0 radical (unpaired) electrons. The molecular weight excluding hydrogens is 360 g/mol. The summed E-state index contributed by atoms with van der Waals surface area (Å²) in [5.74, 6) is -0.173. The number of fused-ring (bicyclic) bond motifs is 1. The van der Waals surface area contributed by atoms with Gasteiger partial charge in [0.2, 0.25) is 0 Å². The number of thiophene rings is 1. The zero-order valence-electron chi connectivity index (χ0n) is 16.1. The summed E-state index contributed by atoms with van der Waals surface area (Å²) < 4.78 is 1.43. The van der Waals surface area contributed by atoms with Gasteiger partial charge in [-0.25, -0.2) is 4.98 Å². The molecule has 3 rings (SSSR count). The Balaban J connectivity index is 1.76. The lowest BCUT2D eigenvalue weighted by Gasteiger charge is -2.14. The van der Waals surface area contributed by atoms with Gasteiger partial charge in [0.1, 0.15) is 4.83 Å². The van der Waals surface area contributed by atoms with Gasteiger partial charge in [-0.2, -0.15) is 0 Å². The number of nitrogens with zero attached hydrogens (tertiary/aromatic N) is 3. The SMILES string of the molecule is CCN(C)Cc1cccc(CNC(=O)c2sc3ncn(C)c(=O)c3c2C)c1. The topological polar surface area (TPSA) is 67.2 Å². The number of benzene rings is 1. The minimum absolute atomic E-state index is 0.124. The maximum absolute atomic E-state index is 12.7. The Bertz CT molecular complexity index is 1040. The van der Waals surface area contributed by atoms with Gasteiger partial charge >= 0.3 is 0 Å². The zero-order valence-corrected chi connectivity index (χ0v) is 16.9. The standard InChI is InChI=1S/C20H24N4O2S/c1-5-23(3)11-15-8-6-7-14(9-15)10-21-18(25)17-13(2)16-19(27-17)22-12-24(4)20(16)26/h6-9,12H,5,10-11H2,1-4H3,(H,21,25). The molecule has 0 atom stereocenters. The van der Waals surface area contributed by atoms with E-state index in [-0.39, 0.29) is 11.5 Å². The van der Waals surface area contributed by atoms with Crippen molar-refractivity contribution in [3.63, 3.8) is 0 Å². The van der Waals surface area contributed by atoms with Crippen LogP contribution in [0.15, 0.2) is 35.4 Å². The first kappa shape index (κ1) is 19.3. The smallest absolute Gasteiger partial charge is 0.262 e. The van der Waals surface area contributed by atoms with E-state index in [1.54, 1.807) is 14.0 Å². The summed E-state index contributed by atoms with van der Waals surface area (Å²) in [5.41, 5.74) is 2.84. The third-order valence-corrected chi connectivity index (χ3v) is 5.85. The molecule has 27 heavy (non-hydrogen) atoms. The van der Waals surface area contributed by atoms with Crippen molar-refractivity contribution in [3.8, 4) is 0 Å². The predicted molar refractivity (Wildman–Crippen MR) is 109 cm³/mol. The molecule has 142 valence electrons. The van der Waals surface area contributed by atoms with Gasteiger partial charge in [0.15, 0.2) is 0 Å². The lowest BCUT2D eigenvalue weighted by molar-refractivity contribution is 0.0954. The molecule has 0 aliphatic carbocycles. The molecule has 1 aromatic carbocycles. The van der Waals surface area contributed by atoms with Gasteiger partial charge in [-0.3, -0.25) is 9.59 Å². The van der Waals surface area contributed by atoms with Crippen molar-refractivity contribution in [1.29, 1.82) is 0 Å². The van der Waals surface area contributed by atoms with E-state index in [1.807, 2.05) is 12.1 Å². The number of rotatable bonds is 6. The van der Waals surface area contributed by atoms with E-state index in [1.165, 1.54) is 27.8 Å². The molecule has 0 aliphatic heterocycles. The molecule has 0 saturated carbocycles. The highest BCUT2D eigenvalue weighted by Crippen LogP contribution is 2.26. The number of hydrogen-bond donors (Lipinski definition) is 1. The second kappa shape index (κ2) is 8.02. The molecule has 3 aromatic rings. The summed E-state index contributed by atoms with van der Waals surface area (Å²) in [6.07, 6.45) is 1.49. The summed E-state index contributed by atoms with van der Waals surface area (Å²) in [7, 11) is 3.74. The zero-order chi connectivity index (χ0) is 19.6. The average molecular weight is 385 g/mol. The Labute approximate surface area is 162 Å². The molecule has 2 aromatic heterocycles. The van der Waals surface area contributed by atoms with E-state index in [0.717, 1.165) is 18.7 Å². The first-order chi connectivity index (χ1) is 12.9. The summed E-state index contributed by atoms with van der Waals surface area (Å²) in [5, 5.41) is 3.49. The average Bonchev–Trinajstić information content (AvgIpc) is 3.00. The molecule has 0 spiro atoms. The van der Waals surface area contributed by atoms with Gasteiger partial charge in [-0.05, 0) is 37.2 Å². The van der Waals surface area contributed by atoms with Crippen LogP contribution in [0.5, 0.6) is 0 Å². The Kier molecular flexibility index (Phi) is 5.72. The van der Waals surface area contributed by atoms with Crippen LogP contribution < -0.4 is 10.9 Å². The van der Waals surface area contributed by atoms with Crippen LogP contribution in [0, 0.1) is 6.92 Å². The molecule has 0 bridgehead atoms. The van der Waals surface area contributed by atoms with E-state index in [2.05, 4.69) is 41.3 Å². The highest BCUT2D eigenvalue weighted by Gasteiger charge is 2.18. The molecule has 0 aliphatic rings. The summed E-state index contributed by atoms with van der Waals surface area (Å²) >= 11 is 1.26. The van der Waals surface area contributed by atoms with Gasteiger partial charge in [0.25, 0.3) is 11.5 Å². The fraction of sp³-hybridized carbons (Fsp3) is 0.350. The van der Waals surface area contributed by atoms with Crippen LogP contribution in [0.3, 0.4) is 0 Å². The molecule has 1 N–H and O–H groups in total. The van der Waals surface area contributed by atoms with Crippen molar-refractivity contribution in [2.45, 2.75) is 26.9 Å². The number of hydrogen-bond acceptors (Lipinski definition) is 5. The Morgan fingerprint density at radius 3 is 2.81 bits per heavy atom.